The number of carbonyl (C=O) groups is 1. The smallest absolute Gasteiger partial charge is 0.233 e. The van der Waals surface area contributed by atoms with Gasteiger partial charge in [-0.15, -0.1) is 16.8 Å². The highest BCUT2D eigenvalue weighted by molar-refractivity contribution is 8.01. The monoisotopic (exact) mass is 313 g/mol. The second kappa shape index (κ2) is 7.61. The minimum absolute atomic E-state index is 0.180. The molecule has 1 amide bonds. The van der Waals surface area contributed by atoms with Gasteiger partial charge in [0.15, 0.2) is 4.34 Å². The Balaban J connectivity index is 1.75. The van der Waals surface area contributed by atoms with E-state index in [-0.39, 0.29) is 5.91 Å². The minimum Gasteiger partial charge on any atom is -0.357 e. The van der Waals surface area contributed by atoms with E-state index < -0.39 is 0 Å². The Hall–Kier alpha value is -1.12. The van der Waals surface area contributed by atoms with Crippen LogP contribution in [-0.4, -0.2) is 71.4 Å². The SMILES string of the molecule is C=CCNc1nnc(SCC(=O)N2CCN(C)CC2)s1. The molecular weight excluding hydrogens is 294 g/mol. The van der Waals surface area contributed by atoms with Crippen molar-refractivity contribution in [2.45, 2.75) is 4.34 Å². The van der Waals surface area contributed by atoms with E-state index in [0.717, 1.165) is 35.7 Å². The average Bonchev–Trinajstić information content (AvgIpc) is 2.91. The molecule has 2 heterocycles. The van der Waals surface area contributed by atoms with Crippen LogP contribution in [0.4, 0.5) is 5.13 Å². The molecule has 0 aliphatic carbocycles. The summed E-state index contributed by atoms with van der Waals surface area (Å²) in [6, 6.07) is 0. The lowest BCUT2D eigenvalue weighted by molar-refractivity contribution is -0.129. The summed E-state index contributed by atoms with van der Waals surface area (Å²) in [6.45, 7) is 7.83. The van der Waals surface area contributed by atoms with Crippen LogP contribution in [0.5, 0.6) is 0 Å². The summed E-state index contributed by atoms with van der Waals surface area (Å²) in [6.07, 6.45) is 1.77. The van der Waals surface area contributed by atoms with Crippen molar-refractivity contribution < 1.29 is 4.79 Å². The molecule has 0 atom stereocenters. The lowest BCUT2D eigenvalue weighted by Crippen LogP contribution is -2.47. The van der Waals surface area contributed by atoms with Crippen molar-refractivity contribution in [3.8, 4) is 0 Å². The van der Waals surface area contributed by atoms with E-state index in [2.05, 4.69) is 34.0 Å². The third-order valence-corrected chi connectivity index (χ3v) is 4.98. The first-order chi connectivity index (χ1) is 9.69. The zero-order valence-corrected chi connectivity index (χ0v) is 13.2. The number of nitrogens with zero attached hydrogens (tertiary/aromatic N) is 4. The Morgan fingerprint density at radius 1 is 1.45 bits per heavy atom. The van der Waals surface area contributed by atoms with Crippen LogP contribution in [0.15, 0.2) is 17.0 Å². The molecule has 1 fully saturated rings. The summed E-state index contributed by atoms with van der Waals surface area (Å²) in [4.78, 5) is 16.2. The lowest BCUT2D eigenvalue weighted by atomic mass is 10.3. The number of hydrogen-bond acceptors (Lipinski definition) is 7. The van der Waals surface area contributed by atoms with Gasteiger partial charge >= 0.3 is 0 Å². The average molecular weight is 313 g/mol. The third-order valence-electron chi connectivity index (χ3n) is 2.98. The van der Waals surface area contributed by atoms with Crippen molar-refractivity contribution in [3.63, 3.8) is 0 Å². The second-order valence-electron chi connectivity index (χ2n) is 4.52. The number of piperazine rings is 1. The Morgan fingerprint density at radius 2 is 2.20 bits per heavy atom. The number of anilines is 1. The number of amides is 1. The molecular formula is C12H19N5OS2. The van der Waals surface area contributed by atoms with Crippen LogP contribution in [-0.2, 0) is 4.79 Å². The number of likely N-dealkylation sites (N-methyl/N-ethyl adjacent to an activating group) is 1. The quantitative estimate of drug-likeness (QED) is 0.624. The van der Waals surface area contributed by atoms with Crippen molar-refractivity contribution in [1.29, 1.82) is 0 Å². The summed E-state index contributed by atoms with van der Waals surface area (Å²) < 4.78 is 0.819. The number of hydrogen-bond donors (Lipinski definition) is 1. The van der Waals surface area contributed by atoms with E-state index in [9.17, 15) is 4.79 Å². The largest absolute Gasteiger partial charge is 0.357 e. The molecule has 110 valence electrons. The standard InChI is InChI=1S/C12H19N5OS2/c1-3-4-13-11-14-15-12(20-11)19-9-10(18)17-7-5-16(2)6-8-17/h3H,1,4-9H2,2H3,(H,13,14). The maximum absolute atomic E-state index is 12.1. The molecule has 0 unspecified atom stereocenters. The highest BCUT2D eigenvalue weighted by atomic mass is 32.2. The molecule has 1 aliphatic rings. The number of thioether (sulfide) groups is 1. The fourth-order valence-corrected chi connectivity index (χ4v) is 3.43. The molecule has 0 bridgehead atoms. The van der Waals surface area contributed by atoms with Crippen LogP contribution in [0.25, 0.3) is 0 Å². The molecule has 1 N–H and O–H groups in total. The molecule has 1 saturated heterocycles. The molecule has 1 aromatic rings. The maximum atomic E-state index is 12.1. The van der Waals surface area contributed by atoms with Gasteiger partial charge in [-0.2, -0.15) is 0 Å². The number of aromatic nitrogens is 2. The molecule has 2 rings (SSSR count). The van der Waals surface area contributed by atoms with Gasteiger partial charge < -0.3 is 15.1 Å². The first-order valence-electron chi connectivity index (χ1n) is 6.46. The molecule has 0 spiro atoms. The molecule has 0 aromatic carbocycles. The number of rotatable bonds is 6. The van der Waals surface area contributed by atoms with Crippen molar-refractivity contribution in [2.75, 3.05) is 50.8 Å². The number of nitrogens with one attached hydrogen (secondary N) is 1. The van der Waals surface area contributed by atoms with Gasteiger partial charge in [-0.05, 0) is 7.05 Å². The van der Waals surface area contributed by atoms with E-state index in [1.54, 1.807) is 6.08 Å². The fraction of sp³-hybridized carbons (Fsp3) is 0.583. The highest BCUT2D eigenvalue weighted by Gasteiger charge is 2.19. The van der Waals surface area contributed by atoms with E-state index >= 15 is 0 Å². The molecule has 0 radical (unpaired) electrons. The minimum atomic E-state index is 0.180. The van der Waals surface area contributed by atoms with E-state index in [0.29, 0.717) is 12.3 Å². The van der Waals surface area contributed by atoms with Crippen LogP contribution < -0.4 is 5.32 Å². The lowest BCUT2D eigenvalue weighted by Gasteiger charge is -2.32. The van der Waals surface area contributed by atoms with Crippen molar-refractivity contribution >= 4 is 34.1 Å². The van der Waals surface area contributed by atoms with Gasteiger partial charge in [0.05, 0.1) is 5.75 Å². The summed E-state index contributed by atoms with van der Waals surface area (Å²) in [5, 5.41) is 11.9. The molecule has 0 saturated carbocycles. The third kappa shape index (κ3) is 4.46. The topological polar surface area (TPSA) is 61.4 Å². The second-order valence-corrected chi connectivity index (χ2v) is 6.72. The van der Waals surface area contributed by atoms with Gasteiger partial charge in [0.1, 0.15) is 0 Å². The zero-order valence-electron chi connectivity index (χ0n) is 11.5. The van der Waals surface area contributed by atoms with Gasteiger partial charge in [0, 0.05) is 32.7 Å². The predicted octanol–water partition coefficient (Wildman–Crippen LogP) is 1.00. The van der Waals surface area contributed by atoms with E-state index in [4.69, 9.17) is 0 Å². The normalized spacial score (nSPS) is 16.1. The Morgan fingerprint density at radius 3 is 2.90 bits per heavy atom. The van der Waals surface area contributed by atoms with Gasteiger partial charge in [0.2, 0.25) is 11.0 Å². The van der Waals surface area contributed by atoms with E-state index in [1.165, 1.54) is 23.1 Å². The van der Waals surface area contributed by atoms with Crippen molar-refractivity contribution in [3.05, 3.63) is 12.7 Å². The number of carbonyl (C=O) groups excluding carboxylic acids is 1. The Kier molecular flexibility index (Phi) is 5.81. The summed E-state index contributed by atoms with van der Waals surface area (Å²) in [5.74, 6) is 0.610. The summed E-state index contributed by atoms with van der Waals surface area (Å²) >= 11 is 2.92. The van der Waals surface area contributed by atoms with Gasteiger partial charge in [-0.25, -0.2) is 0 Å². The van der Waals surface area contributed by atoms with Gasteiger partial charge in [-0.3, -0.25) is 4.79 Å². The van der Waals surface area contributed by atoms with Gasteiger partial charge in [0.25, 0.3) is 0 Å². The van der Waals surface area contributed by atoms with Crippen LogP contribution >= 0.6 is 23.1 Å². The molecule has 1 aromatic heterocycles. The Bertz CT molecular complexity index is 456. The predicted molar refractivity (Wildman–Crippen MR) is 83.4 cm³/mol. The molecule has 8 heteroatoms. The van der Waals surface area contributed by atoms with Crippen LogP contribution in [0.1, 0.15) is 0 Å². The summed E-state index contributed by atoms with van der Waals surface area (Å²) in [5.41, 5.74) is 0. The first-order valence-corrected chi connectivity index (χ1v) is 8.26. The maximum Gasteiger partial charge on any atom is 0.233 e. The van der Waals surface area contributed by atoms with Crippen molar-refractivity contribution in [2.24, 2.45) is 0 Å². The van der Waals surface area contributed by atoms with Crippen molar-refractivity contribution in [1.82, 2.24) is 20.0 Å². The highest BCUT2D eigenvalue weighted by Crippen LogP contribution is 2.25. The zero-order chi connectivity index (χ0) is 14.4. The Labute approximate surface area is 127 Å². The molecule has 1 aliphatic heterocycles. The van der Waals surface area contributed by atoms with Crippen LogP contribution in [0.2, 0.25) is 0 Å². The molecule has 6 nitrogen and oxygen atoms in total. The van der Waals surface area contributed by atoms with Gasteiger partial charge in [-0.1, -0.05) is 29.2 Å². The first kappa shape index (κ1) is 15.3. The molecule has 20 heavy (non-hydrogen) atoms. The van der Waals surface area contributed by atoms with E-state index in [1.807, 2.05) is 4.90 Å². The van der Waals surface area contributed by atoms with Crippen LogP contribution in [0, 0.1) is 0 Å². The summed E-state index contributed by atoms with van der Waals surface area (Å²) in [7, 11) is 2.08. The van der Waals surface area contributed by atoms with Crippen LogP contribution in [0.3, 0.4) is 0 Å². The fourth-order valence-electron chi connectivity index (χ4n) is 1.77.